The van der Waals surface area contributed by atoms with Gasteiger partial charge in [-0.25, -0.2) is 4.39 Å². The first-order valence-electron chi connectivity index (χ1n) is 4.19. The Balaban J connectivity index is 3.02. The molecule has 0 N–H and O–H groups in total. The topological polar surface area (TPSA) is 17.1 Å². The van der Waals surface area contributed by atoms with Gasteiger partial charge in [0, 0.05) is 4.47 Å². The molecule has 1 atom stereocenters. The summed E-state index contributed by atoms with van der Waals surface area (Å²) >= 11 is 8.85. The van der Waals surface area contributed by atoms with Crippen LogP contribution in [-0.2, 0) is 0 Å². The number of rotatable bonds is 3. The van der Waals surface area contributed by atoms with Gasteiger partial charge in [-0.3, -0.25) is 4.79 Å². The van der Waals surface area contributed by atoms with Crippen LogP contribution in [0.15, 0.2) is 22.7 Å². The maximum Gasteiger partial charge on any atom is 0.183 e. The molecule has 0 saturated heterocycles. The van der Waals surface area contributed by atoms with Gasteiger partial charge in [0.1, 0.15) is 5.82 Å². The van der Waals surface area contributed by atoms with Crippen LogP contribution in [0.1, 0.15) is 23.7 Å². The highest BCUT2D eigenvalue weighted by Crippen LogP contribution is 2.19. The Labute approximate surface area is 95.4 Å². The molecule has 0 saturated carbocycles. The van der Waals surface area contributed by atoms with E-state index < -0.39 is 11.2 Å². The van der Waals surface area contributed by atoms with Crippen LogP contribution in [0.5, 0.6) is 0 Å². The minimum absolute atomic E-state index is 0.0510. The maximum atomic E-state index is 13.3. The van der Waals surface area contributed by atoms with Crippen molar-refractivity contribution < 1.29 is 9.18 Å². The van der Waals surface area contributed by atoms with Gasteiger partial charge in [0.2, 0.25) is 0 Å². The van der Waals surface area contributed by atoms with Gasteiger partial charge in [-0.1, -0.05) is 22.9 Å². The molecule has 0 fully saturated rings. The molecule has 0 aliphatic carbocycles. The van der Waals surface area contributed by atoms with Gasteiger partial charge in [-0.15, -0.1) is 11.6 Å². The molecule has 0 heterocycles. The van der Waals surface area contributed by atoms with Crippen LogP contribution in [0.3, 0.4) is 0 Å². The van der Waals surface area contributed by atoms with E-state index in [9.17, 15) is 9.18 Å². The van der Waals surface area contributed by atoms with Crippen molar-refractivity contribution in [1.29, 1.82) is 0 Å². The number of alkyl halides is 1. The van der Waals surface area contributed by atoms with Crippen molar-refractivity contribution in [2.24, 2.45) is 0 Å². The van der Waals surface area contributed by atoms with E-state index in [1.807, 2.05) is 0 Å². The molecule has 1 aromatic carbocycles. The molecule has 1 unspecified atom stereocenters. The highest BCUT2D eigenvalue weighted by Gasteiger charge is 2.18. The van der Waals surface area contributed by atoms with E-state index >= 15 is 0 Å². The molecular weight excluding hydrogens is 270 g/mol. The summed E-state index contributed by atoms with van der Waals surface area (Å²) in [6, 6.07) is 4.31. The number of hydrogen-bond donors (Lipinski definition) is 0. The lowest BCUT2D eigenvalue weighted by atomic mass is 10.1. The Morgan fingerprint density at radius 2 is 2.29 bits per heavy atom. The lowest BCUT2D eigenvalue weighted by Crippen LogP contribution is -2.15. The Bertz CT molecular complexity index is 354. The van der Waals surface area contributed by atoms with E-state index in [1.165, 1.54) is 12.1 Å². The lowest BCUT2D eigenvalue weighted by Gasteiger charge is -2.06. The highest BCUT2D eigenvalue weighted by molar-refractivity contribution is 9.10. The summed E-state index contributed by atoms with van der Waals surface area (Å²) in [4.78, 5) is 11.5. The van der Waals surface area contributed by atoms with Gasteiger partial charge < -0.3 is 0 Å². The fraction of sp³-hybridized carbons (Fsp3) is 0.300. The SMILES string of the molecule is CCC(Cl)C(=O)c1ccc(Br)cc1F. The van der Waals surface area contributed by atoms with Gasteiger partial charge in [0.15, 0.2) is 5.78 Å². The zero-order valence-electron chi connectivity index (χ0n) is 7.56. The van der Waals surface area contributed by atoms with Gasteiger partial charge in [0.25, 0.3) is 0 Å². The van der Waals surface area contributed by atoms with E-state index in [4.69, 9.17) is 11.6 Å². The normalized spacial score (nSPS) is 12.6. The molecule has 0 aliphatic rings. The first-order chi connectivity index (χ1) is 6.56. The third-order valence-corrected chi connectivity index (χ3v) is 2.84. The molecule has 1 aromatic rings. The van der Waals surface area contributed by atoms with Crippen LogP contribution in [0.4, 0.5) is 4.39 Å². The number of benzene rings is 1. The average molecular weight is 280 g/mol. The molecule has 76 valence electrons. The van der Waals surface area contributed by atoms with Crippen LogP contribution in [0, 0.1) is 5.82 Å². The summed E-state index contributed by atoms with van der Waals surface area (Å²) in [5.74, 6) is -0.900. The summed E-state index contributed by atoms with van der Waals surface area (Å²) in [7, 11) is 0. The Kier molecular flexibility index (Phi) is 4.08. The second-order valence-electron chi connectivity index (χ2n) is 2.86. The molecule has 0 radical (unpaired) electrons. The van der Waals surface area contributed by atoms with E-state index in [2.05, 4.69) is 15.9 Å². The fourth-order valence-electron chi connectivity index (χ4n) is 1.04. The first kappa shape index (κ1) is 11.7. The van der Waals surface area contributed by atoms with Crippen LogP contribution in [0.25, 0.3) is 0 Å². The summed E-state index contributed by atoms with van der Waals surface area (Å²) in [5.41, 5.74) is 0.0510. The van der Waals surface area contributed by atoms with E-state index in [-0.39, 0.29) is 11.3 Å². The van der Waals surface area contributed by atoms with Crippen LogP contribution in [-0.4, -0.2) is 11.2 Å². The van der Waals surface area contributed by atoms with Gasteiger partial charge in [-0.2, -0.15) is 0 Å². The number of carbonyl (C=O) groups is 1. The third-order valence-electron chi connectivity index (χ3n) is 1.84. The standard InChI is InChI=1S/C10H9BrClFO/c1-2-8(12)10(14)7-4-3-6(11)5-9(7)13/h3-5,8H,2H2,1H3. The highest BCUT2D eigenvalue weighted by atomic mass is 79.9. The first-order valence-corrected chi connectivity index (χ1v) is 5.42. The Morgan fingerprint density at radius 1 is 1.64 bits per heavy atom. The van der Waals surface area contributed by atoms with Crippen molar-refractivity contribution >= 4 is 33.3 Å². The molecule has 0 aliphatic heterocycles. The Hall–Kier alpha value is -0.410. The van der Waals surface area contributed by atoms with Crippen molar-refractivity contribution in [3.8, 4) is 0 Å². The van der Waals surface area contributed by atoms with Crippen molar-refractivity contribution in [2.45, 2.75) is 18.7 Å². The number of hydrogen-bond acceptors (Lipinski definition) is 1. The smallest absolute Gasteiger partial charge is 0.183 e. The van der Waals surface area contributed by atoms with E-state index in [1.54, 1.807) is 13.0 Å². The third kappa shape index (κ3) is 2.55. The molecule has 4 heteroatoms. The van der Waals surface area contributed by atoms with Crippen molar-refractivity contribution in [3.05, 3.63) is 34.1 Å². The summed E-state index contributed by atoms with van der Waals surface area (Å²) in [5, 5.41) is -0.648. The van der Waals surface area contributed by atoms with Crippen LogP contribution in [0.2, 0.25) is 0 Å². The lowest BCUT2D eigenvalue weighted by molar-refractivity contribution is 0.0982. The van der Waals surface area contributed by atoms with Crippen molar-refractivity contribution in [1.82, 2.24) is 0 Å². The number of Topliss-reactive ketones (excluding diaryl/α,β-unsaturated/α-hetero) is 1. The predicted octanol–water partition coefficient (Wildman–Crippen LogP) is 3.79. The summed E-state index contributed by atoms with van der Waals surface area (Å²) < 4.78 is 13.9. The average Bonchev–Trinajstić information content (AvgIpc) is 2.15. The summed E-state index contributed by atoms with van der Waals surface area (Å²) in [6.07, 6.45) is 0.496. The molecule has 0 bridgehead atoms. The van der Waals surface area contributed by atoms with Crippen LogP contribution < -0.4 is 0 Å². The molecule has 0 spiro atoms. The van der Waals surface area contributed by atoms with Gasteiger partial charge >= 0.3 is 0 Å². The number of carbonyl (C=O) groups excluding carboxylic acids is 1. The molecule has 1 nitrogen and oxygen atoms in total. The van der Waals surface area contributed by atoms with Crippen molar-refractivity contribution in [3.63, 3.8) is 0 Å². The fourth-order valence-corrected chi connectivity index (χ4v) is 1.49. The second kappa shape index (κ2) is 4.89. The molecular formula is C10H9BrClFO. The van der Waals surface area contributed by atoms with Crippen LogP contribution >= 0.6 is 27.5 Å². The second-order valence-corrected chi connectivity index (χ2v) is 4.31. The quantitative estimate of drug-likeness (QED) is 0.608. The maximum absolute atomic E-state index is 13.3. The number of ketones is 1. The molecule has 1 rings (SSSR count). The predicted molar refractivity (Wildman–Crippen MR) is 58.4 cm³/mol. The molecule has 0 amide bonds. The Morgan fingerprint density at radius 3 is 2.79 bits per heavy atom. The van der Waals surface area contributed by atoms with Crippen molar-refractivity contribution in [2.75, 3.05) is 0 Å². The van der Waals surface area contributed by atoms with Gasteiger partial charge in [-0.05, 0) is 24.6 Å². The largest absolute Gasteiger partial charge is 0.292 e. The minimum Gasteiger partial charge on any atom is -0.292 e. The number of halogens is 3. The minimum atomic E-state index is -0.648. The summed E-state index contributed by atoms with van der Waals surface area (Å²) in [6.45, 7) is 1.78. The van der Waals surface area contributed by atoms with E-state index in [0.717, 1.165) is 0 Å². The van der Waals surface area contributed by atoms with Gasteiger partial charge in [0.05, 0.1) is 10.9 Å². The monoisotopic (exact) mass is 278 g/mol. The van der Waals surface area contributed by atoms with E-state index in [0.29, 0.717) is 10.9 Å². The molecule has 14 heavy (non-hydrogen) atoms. The zero-order valence-corrected chi connectivity index (χ0v) is 9.90. The zero-order chi connectivity index (χ0) is 10.7. The molecule has 0 aromatic heterocycles.